The Hall–Kier alpha value is -1.09. The molecule has 0 saturated heterocycles. The molecule has 13 heavy (non-hydrogen) atoms. The quantitative estimate of drug-likeness (QED) is 0.540. The molecule has 2 rings (SSSR count). The normalized spacial score (nSPS) is 15.8. The summed E-state index contributed by atoms with van der Waals surface area (Å²) in [6, 6.07) is 5.06. The van der Waals surface area contributed by atoms with Crippen molar-refractivity contribution in [2.45, 2.75) is 18.8 Å². The lowest BCUT2D eigenvalue weighted by molar-refractivity contribution is -0.384. The molecule has 4 heteroatoms. The molecule has 0 aromatic heterocycles. The van der Waals surface area contributed by atoms with Crippen molar-refractivity contribution in [3.05, 3.63) is 38.9 Å². The summed E-state index contributed by atoms with van der Waals surface area (Å²) >= 11 is 5.67. The van der Waals surface area contributed by atoms with Gasteiger partial charge in [-0.25, -0.2) is 0 Å². The van der Waals surface area contributed by atoms with Gasteiger partial charge in [-0.3, -0.25) is 10.1 Å². The monoisotopic (exact) mass is 197 g/mol. The first-order valence-corrected chi connectivity index (χ1v) is 4.50. The second kappa shape index (κ2) is 3.00. The Balaban J connectivity index is 2.41. The average molecular weight is 198 g/mol. The fraction of sp³-hybridized carbons (Fsp3) is 0.333. The van der Waals surface area contributed by atoms with Crippen molar-refractivity contribution in [1.29, 1.82) is 0 Å². The Morgan fingerprint density at radius 2 is 2.15 bits per heavy atom. The van der Waals surface area contributed by atoms with Crippen molar-refractivity contribution in [3.63, 3.8) is 0 Å². The van der Waals surface area contributed by atoms with Crippen molar-refractivity contribution in [2.75, 3.05) is 0 Å². The Labute approximate surface area is 80.5 Å². The van der Waals surface area contributed by atoms with Crippen LogP contribution in [0.5, 0.6) is 0 Å². The highest BCUT2D eigenvalue weighted by atomic mass is 35.5. The van der Waals surface area contributed by atoms with Gasteiger partial charge in [-0.1, -0.05) is 17.7 Å². The van der Waals surface area contributed by atoms with Crippen LogP contribution in [0, 0.1) is 10.1 Å². The first kappa shape index (κ1) is 8.51. The number of nitro benzene ring substituents is 1. The summed E-state index contributed by atoms with van der Waals surface area (Å²) in [5, 5.41) is 10.8. The van der Waals surface area contributed by atoms with Crippen molar-refractivity contribution in [1.82, 2.24) is 0 Å². The molecule has 0 heterocycles. The van der Waals surface area contributed by atoms with Crippen LogP contribution < -0.4 is 0 Å². The zero-order chi connectivity index (χ0) is 9.42. The molecule has 1 aliphatic carbocycles. The third-order valence-electron chi connectivity index (χ3n) is 2.22. The zero-order valence-electron chi connectivity index (χ0n) is 6.87. The standard InChI is InChI=1S/C9H8ClNO2/c10-8-4-3-7(6-1-2-6)5-9(8)11(12)13/h3-6H,1-2H2. The van der Waals surface area contributed by atoms with Crippen LogP contribution in [0.2, 0.25) is 5.02 Å². The van der Waals surface area contributed by atoms with E-state index >= 15 is 0 Å². The first-order chi connectivity index (χ1) is 6.18. The molecule has 0 atom stereocenters. The number of rotatable bonds is 2. The third kappa shape index (κ3) is 1.65. The Kier molecular flexibility index (Phi) is 1.96. The maximum Gasteiger partial charge on any atom is 0.288 e. The van der Waals surface area contributed by atoms with E-state index in [1.54, 1.807) is 12.1 Å². The molecule has 1 aromatic rings. The summed E-state index contributed by atoms with van der Waals surface area (Å²) in [6.45, 7) is 0. The molecular weight excluding hydrogens is 190 g/mol. The number of benzene rings is 1. The number of nitrogens with zero attached hydrogens (tertiary/aromatic N) is 1. The van der Waals surface area contributed by atoms with Gasteiger partial charge >= 0.3 is 0 Å². The van der Waals surface area contributed by atoms with Crippen molar-refractivity contribution in [2.24, 2.45) is 0 Å². The van der Waals surface area contributed by atoms with Crippen LogP contribution in [0.15, 0.2) is 18.2 Å². The Morgan fingerprint density at radius 1 is 1.46 bits per heavy atom. The lowest BCUT2D eigenvalue weighted by atomic mass is 10.1. The van der Waals surface area contributed by atoms with Gasteiger partial charge in [0.25, 0.3) is 5.69 Å². The van der Waals surface area contributed by atoms with Crippen LogP contribution in [-0.4, -0.2) is 4.92 Å². The zero-order valence-corrected chi connectivity index (χ0v) is 7.62. The van der Waals surface area contributed by atoms with Crippen molar-refractivity contribution < 1.29 is 4.92 Å². The van der Waals surface area contributed by atoms with E-state index in [-0.39, 0.29) is 10.7 Å². The van der Waals surface area contributed by atoms with Crippen molar-refractivity contribution in [3.8, 4) is 0 Å². The first-order valence-electron chi connectivity index (χ1n) is 4.12. The lowest BCUT2D eigenvalue weighted by Crippen LogP contribution is -1.90. The molecule has 1 fully saturated rings. The van der Waals surface area contributed by atoms with E-state index in [4.69, 9.17) is 11.6 Å². The van der Waals surface area contributed by atoms with E-state index < -0.39 is 4.92 Å². The van der Waals surface area contributed by atoms with Gasteiger partial charge in [0.15, 0.2) is 0 Å². The van der Waals surface area contributed by atoms with Gasteiger partial charge in [0.05, 0.1) is 4.92 Å². The van der Waals surface area contributed by atoms with Gasteiger partial charge in [-0.15, -0.1) is 0 Å². The SMILES string of the molecule is O=[N+]([O-])c1cc(C2CC2)ccc1Cl. The Morgan fingerprint density at radius 3 is 2.69 bits per heavy atom. The van der Waals surface area contributed by atoms with Crippen LogP contribution >= 0.6 is 11.6 Å². The van der Waals surface area contributed by atoms with Gasteiger partial charge in [-0.05, 0) is 30.4 Å². The fourth-order valence-corrected chi connectivity index (χ4v) is 1.53. The van der Waals surface area contributed by atoms with Gasteiger partial charge < -0.3 is 0 Å². The number of halogens is 1. The molecule has 0 aliphatic heterocycles. The summed E-state index contributed by atoms with van der Waals surface area (Å²) in [4.78, 5) is 10.1. The van der Waals surface area contributed by atoms with Crippen LogP contribution in [0.4, 0.5) is 5.69 Å². The number of nitro groups is 1. The maximum atomic E-state index is 10.5. The topological polar surface area (TPSA) is 43.1 Å². The molecule has 0 amide bonds. The summed E-state index contributed by atoms with van der Waals surface area (Å²) in [6.07, 6.45) is 2.28. The minimum atomic E-state index is -0.436. The van der Waals surface area contributed by atoms with Gasteiger partial charge in [0, 0.05) is 6.07 Å². The minimum absolute atomic E-state index is 0.0195. The summed E-state index contributed by atoms with van der Waals surface area (Å²) in [5.41, 5.74) is 1.06. The highest BCUT2D eigenvalue weighted by Gasteiger charge is 2.25. The van der Waals surface area contributed by atoms with E-state index in [9.17, 15) is 10.1 Å². The van der Waals surface area contributed by atoms with Crippen LogP contribution in [-0.2, 0) is 0 Å². The highest BCUT2D eigenvalue weighted by molar-refractivity contribution is 6.32. The molecule has 68 valence electrons. The van der Waals surface area contributed by atoms with E-state index in [0.717, 1.165) is 18.4 Å². The molecule has 0 bridgehead atoms. The molecule has 0 radical (unpaired) electrons. The van der Waals surface area contributed by atoms with E-state index in [0.29, 0.717) is 5.92 Å². The summed E-state index contributed by atoms with van der Waals surface area (Å²) in [7, 11) is 0. The van der Waals surface area contributed by atoms with Crippen LogP contribution in [0.1, 0.15) is 24.3 Å². The summed E-state index contributed by atoms with van der Waals surface area (Å²) in [5.74, 6) is 0.524. The molecule has 3 nitrogen and oxygen atoms in total. The molecule has 0 unspecified atom stereocenters. The average Bonchev–Trinajstić information content (AvgIpc) is 2.87. The smallest absolute Gasteiger partial charge is 0.258 e. The number of hydrogen-bond acceptors (Lipinski definition) is 2. The van der Waals surface area contributed by atoms with E-state index in [1.807, 2.05) is 6.07 Å². The lowest BCUT2D eigenvalue weighted by Gasteiger charge is -1.99. The molecule has 0 N–H and O–H groups in total. The van der Waals surface area contributed by atoms with Gasteiger partial charge in [0.1, 0.15) is 5.02 Å². The highest BCUT2D eigenvalue weighted by Crippen LogP contribution is 2.42. The fourth-order valence-electron chi connectivity index (χ4n) is 1.34. The number of hydrogen-bond donors (Lipinski definition) is 0. The third-order valence-corrected chi connectivity index (χ3v) is 2.54. The van der Waals surface area contributed by atoms with Gasteiger partial charge in [-0.2, -0.15) is 0 Å². The second-order valence-electron chi connectivity index (χ2n) is 3.24. The predicted octanol–water partition coefficient (Wildman–Crippen LogP) is 3.13. The largest absolute Gasteiger partial charge is 0.288 e. The maximum absolute atomic E-state index is 10.5. The minimum Gasteiger partial charge on any atom is -0.258 e. The van der Waals surface area contributed by atoms with E-state index in [2.05, 4.69) is 0 Å². The van der Waals surface area contributed by atoms with E-state index in [1.165, 1.54) is 0 Å². The molecular formula is C9H8ClNO2. The molecule has 1 saturated carbocycles. The summed E-state index contributed by atoms with van der Waals surface area (Å²) < 4.78 is 0. The van der Waals surface area contributed by atoms with Crippen LogP contribution in [0.25, 0.3) is 0 Å². The molecule has 1 aromatic carbocycles. The predicted molar refractivity (Wildman–Crippen MR) is 50.1 cm³/mol. The Bertz CT molecular complexity index is 361. The van der Waals surface area contributed by atoms with Gasteiger partial charge in [0.2, 0.25) is 0 Å². The molecule has 0 spiro atoms. The van der Waals surface area contributed by atoms with Crippen LogP contribution in [0.3, 0.4) is 0 Å². The van der Waals surface area contributed by atoms with Crippen molar-refractivity contribution >= 4 is 17.3 Å². The molecule has 1 aliphatic rings. The second-order valence-corrected chi connectivity index (χ2v) is 3.65.